The average molecular weight is 364 g/mol. The Morgan fingerprint density at radius 1 is 1.18 bits per heavy atom. The van der Waals surface area contributed by atoms with Gasteiger partial charge in [0.2, 0.25) is 5.91 Å². The Hall–Kier alpha value is -0.480. The maximum Gasteiger partial charge on any atom is 0.238 e. The van der Waals surface area contributed by atoms with Crippen molar-refractivity contribution >= 4 is 46.4 Å². The lowest BCUT2D eigenvalue weighted by Gasteiger charge is -2.33. The van der Waals surface area contributed by atoms with Crippen LogP contribution in [0.25, 0.3) is 0 Å². The summed E-state index contributed by atoms with van der Waals surface area (Å²) in [7, 11) is 0. The van der Waals surface area contributed by atoms with Crippen molar-refractivity contribution in [3.8, 4) is 0 Å². The molecule has 3 nitrogen and oxygen atoms in total. The third kappa shape index (κ3) is 4.76. The second-order valence-electron chi connectivity index (χ2n) is 5.65. The molecule has 1 saturated carbocycles. The molecule has 0 saturated heterocycles. The van der Waals surface area contributed by atoms with E-state index in [4.69, 9.17) is 34.8 Å². The Kier molecular flexibility index (Phi) is 6.82. The van der Waals surface area contributed by atoms with Gasteiger partial charge in [0.05, 0.1) is 22.3 Å². The molecule has 1 aliphatic rings. The zero-order chi connectivity index (χ0) is 16.1. The van der Waals surface area contributed by atoms with Crippen molar-refractivity contribution in [2.45, 2.75) is 45.1 Å². The van der Waals surface area contributed by atoms with Gasteiger partial charge in [-0.2, -0.15) is 0 Å². The molecule has 0 unspecified atom stereocenters. The molecule has 1 amide bonds. The predicted octanol–water partition coefficient (Wildman–Crippen LogP) is 5.24. The fourth-order valence-corrected chi connectivity index (χ4v) is 3.88. The van der Waals surface area contributed by atoms with Gasteiger partial charge in [0, 0.05) is 11.1 Å². The lowest BCUT2D eigenvalue weighted by molar-refractivity contribution is -0.118. The summed E-state index contributed by atoms with van der Waals surface area (Å²) >= 11 is 18.1. The van der Waals surface area contributed by atoms with E-state index < -0.39 is 0 Å². The third-order valence-corrected chi connectivity index (χ3v) is 4.93. The second-order valence-corrected chi connectivity index (χ2v) is 6.90. The summed E-state index contributed by atoms with van der Waals surface area (Å²) in [6.45, 7) is 3.31. The summed E-state index contributed by atoms with van der Waals surface area (Å²) in [5.74, 6) is -0.0986. The van der Waals surface area contributed by atoms with Crippen molar-refractivity contribution in [1.29, 1.82) is 0 Å². The number of nitrogens with zero attached hydrogens (tertiary/aromatic N) is 1. The van der Waals surface area contributed by atoms with Crippen molar-refractivity contribution in [2.75, 3.05) is 18.4 Å². The van der Waals surface area contributed by atoms with E-state index in [0.29, 0.717) is 33.3 Å². The number of amides is 1. The average Bonchev–Trinajstić information content (AvgIpc) is 2.49. The van der Waals surface area contributed by atoms with Crippen LogP contribution in [0.3, 0.4) is 0 Å². The van der Waals surface area contributed by atoms with E-state index in [2.05, 4.69) is 17.1 Å². The van der Waals surface area contributed by atoms with Gasteiger partial charge >= 0.3 is 0 Å². The van der Waals surface area contributed by atoms with Gasteiger partial charge in [0.25, 0.3) is 0 Å². The highest BCUT2D eigenvalue weighted by atomic mass is 35.5. The molecule has 22 heavy (non-hydrogen) atoms. The molecule has 1 aromatic carbocycles. The van der Waals surface area contributed by atoms with Gasteiger partial charge in [-0.15, -0.1) is 0 Å². The number of hydrogen-bond acceptors (Lipinski definition) is 2. The van der Waals surface area contributed by atoms with Gasteiger partial charge in [-0.25, -0.2) is 0 Å². The van der Waals surface area contributed by atoms with Gasteiger partial charge in [0.15, 0.2) is 0 Å². The Labute approximate surface area is 146 Å². The number of carbonyl (C=O) groups excluding carboxylic acids is 1. The molecule has 1 aliphatic carbocycles. The standard InChI is InChI=1S/C16H21Cl3N2O/c1-2-21(12-6-4-3-5-7-12)10-15(22)20-16-13(18)8-11(17)9-14(16)19/h8-9,12H,2-7,10H2,1H3,(H,20,22). The zero-order valence-electron chi connectivity index (χ0n) is 12.7. The topological polar surface area (TPSA) is 32.3 Å². The fraction of sp³-hybridized carbons (Fsp3) is 0.562. The molecule has 0 radical (unpaired) electrons. The molecule has 1 fully saturated rings. The Bertz CT molecular complexity index is 507. The van der Waals surface area contributed by atoms with Crippen molar-refractivity contribution in [1.82, 2.24) is 4.90 Å². The highest BCUT2D eigenvalue weighted by molar-refractivity contribution is 6.42. The van der Waals surface area contributed by atoms with Crippen LogP contribution in [0.2, 0.25) is 15.1 Å². The first-order valence-electron chi connectivity index (χ1n) is 7.69. The van der Waals surface area contributed by atoms with E-state index in [9.17, 15) is 4.79 Å². The fourth-order valence-electron chi connectivity index (χ4n) is 2.97. The van der Waals surface area contributed by atoms with Crippen LogP contribution in [-0.2, 0) is 4.79 Å². The zero-order valence-corrected chi connectivity index (χ0v) is 14.9. The molecule has 1 N–H and O–H groups in total. The van der Waals surface area contributed by atoms with E-state index >= 15 is 0 Å². The highest BCUT2D eigenvalue weighted by Gasteiger charge is 2.22. The minimum Gasteiger partial charge on any atom is -0.322 e. The largest absolute Gasteiger partial charge is 0.322 e. The van der Waals surface area contributed by atoms with Crippen LogP contribution in [0.4, 0.5) is 5.69 Å². The highest BCUT2D eigenvalue weighted by Crippen LogP contribution is 2.33. The van der Waals surface area contributed by atoms with Gasteiger partial charge in [-0.3, -0.25) is 9.69 Å². The number of benzene rings is 1. The SMILES string of the molecule is CCN(CC(=O)Nc1c(Cl)cc(Cl)cc1Cl)C1CCCCC1. The summed E-state index contributed by atoms with van der Waals surface area (Å²) in [6.07, 6.45) is 6.14. The molecule has 0 bridgehead atoms. The van der Waals surface area contributed by atoms with E-state index in [1.807, 2.05) is 0 Å². The first kappa shape index (κ1) is 17.9. The molecule has 0 aliphatic heterocycles. The molecular weight excluding hydrogens is 343 g/mol. The van der Waals surface area contributed by atoms with E-state index in [0.717, 1.165) is 6.54 Å². The number of hydrogen-bond donors (Lipinski definition) is 1. The third-order valence-electron chi connectivity index (χ3n) is 4.12. The van der Waals surface area contributed by atoms with Crippen LogP contribution in [-0.4, -0.2) is 29.9 Å². The molecule has 122 valence electrons. The monoisotopic (exact) mass is 362 g/mol. The molecule has 1 aromatic rings. The lowest BCUT2D eigenvalue weighted by atomic mass is 9.94. The second kappa shape index (κ2) is 8.39. The van der Waals surface area contributed by atoms with Crippen molar-refractivity contribution < 1.29 is 4.79 Å². The number of carbonyl (C=O) groups is 1. The van der Waals surface area contributed by atoms with Crippen LogP contribution in [0.5, 0.6) is 0 Å². The van der Waals surface area contributed by atoms with Crippen LogP contribution < -0.4 is 5.32 Å². The molecule has 0 aromatic heterocycles. The lowest BCUT2D eigenvalue weighted by Crippen LogP contribution is -2.41. The maximum atomic E-state index is 12.3. The van der Waals surface area contributed by atoms with E-state index in [1.54, 1.807) is 12.1 Å². The Morgan fingerprint density at radius 2 is 1.77 bits per heavy atom. The van der Waals surface area contributed by atoms with Crippen molar-refractivity contribution in [3.05, 3.63) is 27.2 Å². The summed E-state index contributed by atoms with van der Waals surface area (Å²) < 4.78 is 0. The number of nitrogens with one attached hydrogen (secondary N) is 1. The van der Waals surface area contributed by atoms with Gasteiger partial charge in [-0.05, 0) is 31.5 Å². The summed E-state index contributed by atoms with van der Waals surface area (Å²) in [4.78, 5) is 14.5. The van der Waals surface area contributed by atoms with Crippen LogP contribution in [0, 0.1) is 0 Å². The number of anilines is 1. The summed E-state index contributed by atoms with van der Waals surface area (Å²) in [5, 5.41) is 3.96. The minimum atomic E-state index is -0.0986. The number of halogens is 3. The van der Waals surface area contributed by atoms with Crippen LogP contribution in [0.1, 0.15) is 39.0 Å². The molecule has 0 spiro atoms. The normalized spacial score (nSPS) is 16.0. The molecule has 0 heterocycles. The number of rotatable bonds is 5. The summed E-state index contributed by atoms with van der Waals surface area (Å²) in [6, 6.07) is 3.65. The first-order valence-corrected chi connectivity index (χ1v) is 8.83. The predicted molar refractivity (Wildman–Crippen MR) is 94.2 cm³/mol. The Morgan fingerprint density at radius 3 is 2.32 bits per heavy atom. The van der Waals surface area contributed by atoms with Gasteiger partial charge < -0.3 is 5.32 Å². The van der Waals surface area contributed by atoms with Gasteiger partial charge in [-0.1, -0.05) is 61.0 Å². The molecular formula is C16H21Cl3N2O. The first-order chi connectivity index (χ1) is 10.5. The Balaban J connectivity index is 1.99. The minimum absolute atomic E-state index is 0.0986. The van der Waals surface area contributed by atoms with Crippen molar-refractivity contribution in [2.24, 2.45) is 0 Å². The maximum absolute atomic E-state index is 12.3. The van der Waals surface area contributed by atoms with E-state index in [-0.39, 0.29) is 5.91 Å². The molecule has 0 atom stereocenters. The molecule has 6 heteroatoms. The van der Waals surface area contributed by atoms with E-state index in [1.165, 1.54) is 32.1 Å². The van der Waals surface area contributed by atoms with Gasteiger partial charge in [0.1, 0.15) is 0 Å². The van der Waals surface area contributed by atoms with Crippen molar-refractivity contribution in [3.63, 3.8) is 0 Å². The van der Waals surface area contributed by atoms with Crippen LogP contribution >= 0.6 is 34.8 Å². The molecule has 2 rings (SSSR count). The summed E-state index contributed by atoms with van der Waals surface area (Å²) in [5.41, 5.74) is 0.428. The number of likely N-dealkylation sites (N-methyl/N-ethyl adjacent to an activating group) is 1. The quantitative estimate of drug-likeness (QED) is 0.776. The smallest absolute Gasteiger partial charge is 0.238 e. The van der Waals surface area contributed by atoms with Crippen LogP contribution in [0.15, 0.2) is 12.1 Å².